The zero-order chi connectivity index (χ0) is 22.7. The average molecular weight is 470 g/mol. The summed E-state index contributed by atoms with van der Waals surface area (Å²) in [5.74, 6) is -0.224. The number of amides is 1. The van der Waals surface area contributed by atoms with Crippen LogP contribution in [0, 0.1) is 6.92 Å². The summed E-state index contributed by atoms with van der Waals surface area (Å²) in [5.41, 5.74) is 9.74. The quantitative estimate of drug-likeness (QED) is 0.363. The minimum atomic E-state index is -0.224. The predicted molar refractivity (Wildman–Crippen MR) is 129 cm³/mol. The van der Waals surface area contributed by atoms with Crippen molar-refractivity contribution in [3.8, 4) is 10.4 Å². The van der Waals surface area contributed by atoms with Crippen LogP contribution >= 0.6 is 22.9 Å². The maximum atomic E-state index is 13.1. The third-order valence-corrected chi connectivity index (χ3v) is 7.19. The van der Waals surface area contributed by atoms with Crippen molar-refractivity contribution in [1.29, 1.82) is 0 Å². The van der Waals surface area contributed by atoms with Crippen LogP contribution in [0.3, 0.4) is 0 Å². The lowest BCUT2D eigenvalue weighted by atomic mass is 10.0. The van der Waals surface area contributed by atoms with Gasteiger partial charge in [-0.2, -0.15) is 0 Å². The number of carbonyl (C=O) groups excluding carboxylic acids is 1. The molecule has 0 bridgehead atoms. The Morgan fingerprint density at radius 2 is 2.09 bits per heavy atom. The summed E-state index contributed by atoms with van der Waals surface area (Å²) < 4.78 is 0. The summed E-state index contributed by atoms with van der Waals surface area (Å²) >= 11 is 7.53. The summed E-state index contributed by atoms with van der Waals surface area (Å²) in [6.07, 6.45) is 5.85. The van der Waals surface area contributed by atoms with E-state index in [0.717, 1.165) is 35.6 Å². The molecule has 1 fully saturated rings. The van der Waals surface area contributed by atoms with Crippen LogP contribution in [0.1, 0.15) is 39.5 Å². The number of nitrogens with one attached hydrogen (secondary N) is 1. The highest BCUT2D eigenvalue weighted by Gasteiger charge is 2.26. The Morgan fingerprint density at radius 1 is 1.31 bits per heavy atom. The number of rotatable bonds is 7. The lowest BCUT2D eigenvalue weighted by molar-refractivity contribution is -0.111. The van der Waals surface area contributed by atoms with Crippen LogP contribution in [0.5, 0.6) is 0 Å². The van der Waals surface area contributed by atoms with Gasteiger partial charge in [0.25, 0.3) is 5.91 Å². The molecule has 7 nitrogen and oxygen atoms in total. The van der Waals surface area contributed by atoms with E-state index in [1.54, 1.807) is 24.5 Å². The molecule has 1 amide bonds. The molecule has 0 aliphatic carbocycles. The number of pyridine rings is 1. The van der Waals surface area contributed by atoms with Crippen LogP contribution in [0.2, 0.25) is 5.02 Å². The molecule has 2 aromatic heterocycles. The SMILES string of the molecule is Cc1c(Cl)ccc(C(=[NH2+])c2nc(C(=O)NCCN3CCCC3)c(-c3cccnc3)s2)c1N. The molecule has 0 spiro atoms. The molecule has 32 heavy (non-hydrogen) atoms. The Morgan fingerprint density at radius 3 is 2.81 bits per heavy atom. The fourth-order valence-electron chi connectivity index (χ4n) is 3.75. The number of hydrogen-bond donors (Lipinski definition) is 3. The second-order valence-electron chi connectivity index (χ2n) is 7.79. The maximum absolute atomic E-state index is 13.1. The van der Waals surface area contributed by atoms with Gasteiger partial charge in [-0.15, -0.1) is 11.3 Å². The number of thiazole rings is 1. The van der Waals surface area contributed by atoms with Gasteiger partial charge in [0.2, 0.25) is 5.71 Å². The van der Waals surface area contributed by atoms with Crippen molar-refractivity contribution in [2.24, 2.45) is 0 Å². The number of likely N-dealkylation sites (tertiary alicyclic amines) is 1. The number of halogens is 1. The number of anilines is 1. The van der Waals surface area contributed by atoms with Crippen LogP contribution in [0.15, 0.2) is 36.7 Å². The molecule has 1 aliphatic rings. The monoisotopic (exact) mass is 469 g/mol. The molecular weight excluding hydrogens is 444 g/mol. The Labute approximate surface area is 196 Å². The van der Waals surface area contributed by atoms with Crippen LogP contribution < -0.4 is 16.5 Å². The summed E-state index contributed by atoms with van der Waals surface area (Å²) in [6, 6.07) is 7.28. The van der Waals surface area contributed by atoms with E-state index in [0.29, 0.717) is 39.2 Å². The number of carbonyl (C=O) groups is 1. The largest absolute Gasteiger partial charge is 0.398 e. The standard InChI is InChI=1S/C23H25ClN6OS/c1-14-17(24)7-6-16(18(14)25)19(26)23-29-20(21(32-23)15-5-4-8-27-13-15)22(31)28-9-12-30-10-2-3-11-30/h4-8,13,26H,2-3,9-12,25H2,1H3,(H,28,31)/p+1. The average Bonchev–Trinajstić information content (AvgIpc) is 3.48. The molecule has 5 N–H and O–H groups in total. The van der Waals surface area contributed by atoms with E-state index in [9.17, 15) is 4.79 Å². The molecule has 166 valence electrons. The minimum Gasteiger partial charge on any atom is -0.398 e. The highest BCUT2D eigenvalue weighted by molar-refractivity contribution is 7.17. The molecule has 4 rings (SSSR count). The fourth-order valence-corrected chi connectivity index (χ4v) is 4.94. The Kier molecular flexibility index (Phi) is 6.83. The smallest absolute Gasteiger partial charge is 0.271 e. The van der Waals surface area contributed by atoms with Gasteiger partial charge in [-0.3, -0.25) is 15.2 Å². The number of nitrogens with two attached hydrogens (primary N) is 2. The van der Waals surface area contributed by atoms with Crippen molar-refractivity contribution in [3.63, 3.8) is 0 Å². The predicted octanol–water partition coefficient (Wildman–Crippen LogP) is 2.17. The lowest BCUT2D eigenvalue weighted by Gasteiger charge is -2.14. The highest BCUT2D eigenvalue weighted by atomic mass is 35.5. The van der Waals surface area contributed by atoms with E-state index < -0.39 is 0 Å². The first-order valence-electron chi connectivity index (χ1n) is 10.5. The first kappa shape index (κ1) is 22.4. The van der Waals surface area contributed by atoms with Crippen molar-refractivity contribution in [2.45, 2.75) is 19.8 Å². The van der Waals surface area contributed by atoms with Gasteiger partial charge in [-0.05, 0) is 56.6 Å². The van der Waals surface area contributed by atoms with E-state index in [1.165, 1.54) is 24.2 Å². The summed E-state index contributed by atoms with van der Waals surface area (Å²) in [7, 11) is 0. The maximum Gasteiger partial charge on any atom is 0.271 e. The van der Waals surface area contributed by atoms with Crippen molar-refractivity contribution in [3.05, 3.63) is 63.5 Å². The molecule has 1 aliphatic heterocycles. The molecule has 0 atom stereocenters. The van der Waals surface area contributed by atoms with E-state index in [2.05, 4.69) is 20.2 Å². The Bertz CT molecular complexity index is 1140. The lowest BCUT2D eigenvalue weighted by Crippen LogP contribution is -2.41. The number of benzene rings is 1. The molecule has 0 radical (unpaired) electrons. The van der Waals surface area contributed by atoms with Gasteiger partial charge in [0.05, 0.1) is 16.1 Å². The molecule has 9 heteroatoms. The molecule has 1 aromatic carbocycles. The van der Waals surface area contributed by atoms with Gasteiger partial charge in [0.1, 0.15) is 5.69 Å². The van der Waals surface area contributed by atoms with Gasteiger partial charge in [-0.1, -0.05) is 17.7 Å². The number of nitrogens with zero attached hydrogens (tertiary/aromatic N) is 3. The molecular formula is C23H26ClN6OS+. The first-order chi connectivity index (χ1) is 15.5. The zero-order valence-corrected chi connectivity index (χ0v) is 19.5. The Balaban J connectivity index is 1.63. The summed E-state index contributed by atoms with van der Waals surface area (Å²) in [4.78, 5) is 24.9. The third-order valence-electron chi connectivity index (χ3n) is 5.65. The first-order valence-corrected chi connectivity index (χ1v) is 11.7. The molecule has 0 unspecified atom stereocenters. The summed E-state index contributed by atoms with van der Waals surface area (Å²) in [6.45, 7) is 5.42. The van der Waals surface area contributed by atoms with E-state index >= 15 is 0 Å². The van der Waals surface area contributed by atoms with Gasteiger partial charge < -0.3 is 16.0 Å². The topological polar surface area (TPSA) is 110 Å². The molecule has 0 saturated carbocycles. The normalized spacial score (nSPS) is 13.9. The van der Waals surface area contributed by atoms with E-state index in [1.807, 2.05) is 19.1 Å². The van der Waals surface area contributed by atoms with Crippen molar-refractivity contribution in [2.75, 3.05) is 31.9 Å². The molecule has 3 heterocycles. The van der Waals surface area contributed by atoms with Gasteiger partial charge in [-0.25, -0.2) is 4.98 Å². The van der Waals surface area contributed by atoms with Crippen molar-refractivity contribution in [1.82, 2.24) is 20.2 Å². The van der Waals surface area contributed by atoms with Gasteiger partial charge >= 0.3 is 0 Å². The Hall–Kier alpha value is -2.81. The minimum absolute atomic E-state index is 0.224. The zero-order valence-electron chi connectivity index (χ0n) is 17.9. The van der Waals surface area contributed by atoms with Crippen LogP contribution in [0.25, 0.3) is 10.4 Å². The molecule has 1 saturated heterocycles. The van der Waals surface area contributed by atoms with Crippen molar-refractivity contribution >= 4 is 40.2 Å². The number of aromatic nitrogens is 2. The molecule has 3 aromatic rings. The van der Waals surface area contributed by atoms with Crippen LogP contribution in [-0.4, -0.2) is 52.7 Å². The van der Waals surface area contributed by atoms with Crippen LogP contribution in [0.4, 0.5) is 5.69 Å². The second-order valence-corrected chi connectivity index (χ2v) is 9.20. The fraction of sp³-hybridized carbons (Fsp3) is 0.304. The third kappa shape index (κ3) is 4.67. The second kappa shape index (κ2) is 9.77. The number of nitrogen functional groups attached to an aromatic ring is 1. The summed E-state index contributed by atoms with van der Waals surface area (Å²) in [5, 5.41) is 10.6. The highest BCUT2D eigenvalue weighted by Crippen LogP contribution is 2.32. The van der Waals surface area contributed by atoms with Crippen LogP contribution in [-0.2, 0) is 0 Å². The van der Waals surface area contributed by atoms with Crippen molar-refractivity contribution < 1.29 is 10.2 Å². The van der Waals surface area contributed by atoms with Gasteiger partial charge in [0, 0.05) is 36.1 Å². The van der Waals surface area contributed by atoms with Gasteiger partial charge in [0.15, 0.2) is 5.01 Å². The van der Waals surface area contributed by atoms with E-state index in [4.69, 9.17) is 22.7 Å². The van der Waals surface area contributed by atoms with E-state index in [-0.39, 0.29) is 5.91 Å². The number of hydrogen-bond acceptors (Lipinski definition) is 6.